The lowest BCUT2D eigenvalue weighted by atomic mass is 10.2. The molecular formula is C16H26N2O2. The molecule has 1 heterocycles. The number of hydrogen-bond acceptors (Lipinski definition) is 4. The summed E-state index contributed by atoms with van der Waals surface area (Å²) in [6, 6.07) is 8.33. The Morgan fingerprint density at radius 1 is 1.30 bits per heavy atom. The van der Waals surface area contributed by atoms with Crippen molar-refractivity contribution in [1.82, 2.24) is 10.2 Å². The van der Waals surface area contributed by atoms with Gasteiger partial charge >= 0.3 is 0 Å². The molecule has 0 bridgehead atoms. The van der Waals surface area contributed by atoms with E-state index in [0.717, 1.165) is 64.7 Å². The number of nitrogens with zero attached hydrogens (tertiary/aromatic N) is 1. The van der Waals surface area contributed by atoms with Crippen LogP contribution in [0.4, 0.5) is 0 Å². The quantitative estimate of drug-likeness (QED) is 0.826. The maximum absolute atomic E-state index is 5.86. The van der Waals surface area contributed by atoms with Gasteiger partial charge in [-0.2, -0.15) is 0 Å². The van der Waals surface area contributed by atoms with E-state index in [2.05, 4.69) is 35.3 Å². The zero-order valence-corrected chi connectivity index (χ0v) is 12.4. The van der Waals surface area contributed by atoms with Crippen LogP contribution in [0, 0.1) is 0 Å². The molecule has 0 aromatic heterocycles. The Labute approximate surface area is 122 Å². The monoisotopic (exact) mass is 278 g/mol. The van der Waals surface area contributed by atoms with E-state index in [1.165, 1.54) is 5.56 Å². The van der Waals surface area contributed by atoms with Crippen molar-refractivity contribution < 1.29 is 9.47 Å². The van der Waals surface area contributed by atoms with Crippen LogP contribution in [0.25, 0.3) is 0 Å². The van der Waals surface area contributed by atoms with Crippen molar-refractivity contribution in [1.29, 1.82) is 0 Å². The minimum Gasteiger partial charge on any atom is -0.492 e. The Hall–Kier alpha value is -1.10. The summed E-state index contributed by atoms with van der Waals surface area (Å²) in [5, 5.41) is 3.33. The van der Waals surface area contributed by atoms with Crippen LogP contribution in [0.3, 0.4) is 0 Å². The topological polar surface area (TPSA) is 33.7 Å². The molecule has 1 aliphatic rings. The molecule has 0 spiro atoms. The molecule has 4 heteroatoms. The molecule has 112 valence electrons. The minimum absolute atomic E-state index is 0.741. The van der Waals surface area contributed by atoms with Gasteiger partial charge < -0.3 is 14.8 Å². The van der Waals surface area contributed by atoms with E-state index in [1.807, 2.05) is 6.07 Å². The second kappa shape index (κ2) is 8.95. The Bertz CT molecular complexity index is 376. The first-order valence-corrected chi connectivity index (χ1v) is 7.61. The van der Waals surface area contributed by atoms with Crippen molar-refractivity contribution in [2.75, 3.05) is 46.0 Å². The summed E-state index contributed by atoms with van der Waals surface area (Å²) < 4.78 is 11.3. The van der Waals surface area contributed by atoms with E-state index < -0.39 is 0 Å². The first kappa shape index (κ1) is 15.3. The second-order valence-corrected chi connectivity index (χ2v) is 5.08. The van der Waals surface area contributed by atoms with Gasteiger partial charge in [-0.25, -0.2) is 0 Å². The van der Waals surface area contributed by atoms with E-state index in [4.69, 9.17) is 9.47 Å². The highest BCUT2D eigenvalue weighted by Crippen LogP contribution is 2.13. The lowest BCUT2D eigenvalue weighted by Gasteiger charge is -2.19. The SMILES string of the molecule is CCNCc1cccc(OCCN2CCCOCC2)c1. The molecule has 2 rings (SSSR count). The van der Waals surface area contributed by atoms with Crippen LogP contribution in [0.2, 0.25) is 0 Å². The van der Waals surface area contributed by atoms with Gasteiger partial charge in [-0.15, -0.1) is 0 Å². The van der Waals surface area contributed by atoms with E-state index in [1.54, 1.807) is 0 Å². The highest BCUT2D eigenvalue weighted by atomic mass is 16.5. The molecule has 0 unspecified atom stereocenters. The molecule has 0 atom stereocenters. The lowest BCUT2D eigenvalue weighted by Crippen LogP contribution is -2.30. The zero-order chi connectivity index (χ0) is 14.0. The van der Waals surface area contributed by atoms with E-state index in [9.17, 15) is 0 Å². The van der Waals surface area contributed by atoms with E-state index in [0.29, 0.717) is 0 Å². The molecule has 1 aliphatic heterocycles. The smallest absolute Gasteiger partial charge is 0.119 e. The number of benzene rings is 1. The molecule has 4 nitrogen and oxygen atoms in total. The van der Waals surface area contributed by atoms with Crippen molar-refractivity contribution in [3.8, 4) is 5.75 Å². The predicted molar refractivity (Wildman–Crippen MR) is 81.2 cm³/mol. The summed E-state index contributed by atoms with van der Waals surface area (Å²) in [6.45, 7) is 9.59. The van der Waals surface area contributed by atoms with Crippen LogP contribution >= 0.6 is 0 Å². The van der Waals surface area contributed by atoms with Gasteiger partial charge in [0, 0.05) is 32.8 Å². The van der Waals surface area contributed by atoms with Crippen LogP contribution in [-0.4, -0.2) is 50.9 Å². The average molecular weight is 278 g/mol. The number of rotatable bonds is 7. The van der Waals surface area contributed by atoms with Gasteiger partial charge in [0.15, 0.2) is 0 Å². The molecule has 1 saturated heterocycles. The second-order valence-electron chi connectivity index (χ2n) is 5.08. The standard InChI is InChI=1S/C16H26N2O2/c1-2-17-14-15-5-3-6-16(13-15)20-12-9-18-7-4-10-19-11-8-18/h3,5-6,13,17H,2,4,7-12,14H2,1H3. The number of hydrogen-bond donors (Lipinski definition) is 1. The van der Waals surface area contributed by atoms with Crippen molar-refractivity contribution in [3.63, 3.8) is 0 Å². The molecule has 1 fully saturated rings. The van der Waals surface area contributed by atoms with Gasteiger partial charge in [0.1, 0.15) is 12.4 Å². The first-order chi connectivity index (χ1) is 9.88. The summed E-state index contributed by atoms with van der Waals surface area (Å²) in [5.74, 6) is 0.964. The Morgan fingerprint density at radius 2 is 2.25 bits per heavy atom. The van der Waals surface area contributed by atoms with Gasteiger partial charge in [0.2, 0.25) is 0 Å². The third kappa shape index (κ3) is 5.49. The van der Waals surface area contributed by atoms with Crippen LogP contribution < -0.4 is 10.1 Å². The first-order valence-electron chi connectivity index (χ1n) is 7.61. The molecule has 20 heavy (non-hydrogen) atoms. The number of nitrogens with one attached hydrogen (secondary N) is 1. The largest absolute Gasteiger partial charge is 0.492 e. The van der Waals surface area contributed by atoms with E-state index >= 15 is 0 Å². The van der Waals surface area contributed by atoms with Gasteiger partial charge in [-0.1, -0.05) is 19.1 Å². The summed E-state index contributed by atoms with van der Waals surface area (Å²) >= 11 is 0. The molecule has 0 radical (unpaired) electrons. The maximum Gasteiger partial charge on any atom is 0.119 e. The van der Waals surface area contributed by atoms with Crippen molar-refractivity contribution in [2.24, 2.45) is 0 Å². The van der Waals surface area contributed by atoms with Gasteiger partial charge in [-0.3, -0.25) is 4.90 Å². The number of ether oxygens (including phenoxy) is 2. The maximum atomic E-state index is 5.86. The van der Waals surface area contributed by atoms with Crippen molar-refractivity contribution in [3.05, 3.63) is 29.8 Å². The average Bonchev–Trinajstić information content (AvgIpc) is 2.74. The molecule has 1 N–H and O–H groups in total. The van der Waals surface area contributed by atoms with E-state index in [-0.39, 0.29) is 0 Å². The van der Waals surface area contributed by atoms with Gasteiger partial charge in [0.05, 0.1) is 6.61 Å². The molecule has 0 aliphatic carbocycles. The fourth-order valence-electron chi connectivity index (χ4n) is 2.33. The lowest BCUT2D eigenvalue weighted by molar-refractivity contribution is 0.137. The summed E-state index contributed by atoms with van der Waals surface area (Å²) in [4.78, 5) is 2.41. The zero-order valence-electron chi connectivity index (χ0n) is 12.4. The highest BCUT2D eigenvalue weighted by Gasteiger charge is 2.08. The molecule has 0 saturated carbocycles. The Balaban J connectivity index is 1.72. The normalized spacial score (nSPS) is 16.9. The van der Waals surface area contributed by atoms with Gasteiger partial charge in [0.25, 0.3) is 0 Å². The van der Waals surface area contributed by atoms with Crippen molar-refractivity contribution >= 4 is 0 Å². The summed E-state index contributed by atoms with van der Waals surface area (Å²) in [6.07, 6.45) is 1.12. The minimum atomic E-state index is 0.741. The Morgan fingerprint density at radius 3 is 3.15 bits per heavy atom. The molecule has 1 aromatic carbocycles. The third-order valence-electron chi connectivity index (χ3n) is 3.47. The van der Waals surface area contributed by atoms with Crippen LogP contribution in [-0.2, 0) is 11.3 Å². The predicted octanol–water partition coefficient (Wildman–Crippen LogP) is 1.90. The summed E-state index contributed by atoms with van der Waals surface area (Å²) in [5.41, 5.74) is 1.27. The molecular weight excluding hydrogens is 252 g/mol. The third-order valence-corrected chi connectivity index (χ3v) is 3.47. The highest BCUT2D eigenvalue weighted by molar-refractivity contribution is 5.28. The fourth-order valence-corrected chi connectivity index (χ4v) is 2.33. The Kier molecular flexibility index (Phi) is 6.84. The van der Waals surface area contributed by atoms with Crippen molar-refractivity contribution in [2.45, 2.75) is 19.9 Å². The summed E-state index contributed by atoms with van der Waals surface area (Å²) in [7, 11) is 0. The molecule has 1 aromatic rings. The molecule has 0 amide bonds. The van der Waals surface area contributed by atoms with Crippen LogP contribution in [0.5, 0.6) is 5.75 Å². The fraction of sp³-hybridized carbons (Fsp3) is 0.625. The van der Waals surface area contributed by atoms with Crippen LogP contribution in [0.15, 0.2) is 24.3 Å². The van der Waals surface area contributed by atoms with Gasteiger partial charge in [-0.05, 0) is 30.7 Å². The van der Waals surface area contributed by atoms with Crippen LogP contribution in [0.1, 0.15) is 18.9 Å².